The summed E-state index contributed by atoms with van der Waals surface area (Å²) in [6.07, 6.45) is -3.27. The molecule has 0 atom stereocenters. The first-order chi connectivity index (χ1) is 10.9. The van der Waals surface area contributed by atoms with Crippen LogP contribution in [-0.4, -0.2) is 20.4 Å². The number of aryl methyl sites for hydroxylation is 1. The largest absolute Gasteiger partial charge is 0.433 e. The minimum Gasteiger partial charge on any atom is -0.251 e. The summed E-state index contributed by atoms with van der Waals surface area (Å²) in [7, 11) is 0. The molecule has 3 heterocycles. The quantitative estimate of drug-likeness (QED) is 0.773. The van der Waals surface area contributed by atoms with Crippen molar-refractivity contribution in [3.05, 3.63) is 41.3 Å². The first-order valence-electron chi connectivity index (χ1n) is 6.35. The van der Waals surface area contributed by atoms with E-state index < -0.39 is 11.9 Å². The highest BCUT2D eigenvalue weighted by molar-refractivity contribution is 7.19. The standard InChI is InChI=1S/C14H8F3N5S/c1-7-4-10(12-9(5-18)20-22-21-12)23-13(7)8-2-3-11(19-6-8)14(15,16)17/h2-4,6H,1H3,(H,20,21,22). The van der Waals surface area contributed by atoms with Crippen LogP contribution in [0.15, 0.2) is 24.4 Å². The van der Waals surface area contributed by atoms with E-state index in [1.807, 2.05) is 19.1 Å². The molecule has 0 fully saturated rings. The number of hydrogen-bond acceptors (Lipinski definition) is 5. The molecule has 3 aromatic rings. The van der Waals surface area contributed by atoms with Crippen LogP contribution in [0.25, 0.3) is 21.0 Å². The van der Waals surface area contributed by atoms with Gasteiger partial charge in [0.25, 0.3) is 0 Å². The van der Waals surface area contributed by atoms with Crippen molar-refractivity contribution >= 4 is 11.3 Å². The number of pyridine rings is 1. The summed E-state index contributed by atoms with van der Waals surface area (Å²) in [5, 5.41) is 19.0. The summed E-state index contributed by atoms with van der Waals surface area (Å²) in [6, 6.07) is 6.08. The third kappa shape index (κ3) is 2.80. The van der Waals surface area contributed by atoms with Crippen LogP contribution in [-0.2, 0) is 6.18 Å². The van der Waals surface area contributed by atoms with Gasteiger partial charge < -0.3 is 0 Å². The number of nitrogens with zero attached hydrogens (tertiary/aromatic N) is 4. The first-order valence-corrected chi connectivity index (χ1v) is 7.17. The lowest BCUT2D eigenvalue weighted by molar-refractivity contribution is -0.141. The number of halogens is 3. The van der Waals surface area contributed by atoms with Gasteiger partial charge in [-0.2, -0.15) is 28.7 Å². The van der Waals surface area contributed by atoms with Gasteiger partial charge in [0, 0.05) is 16.6 Å². The molecule has 1 N–H and O–H groups in total. The van der Waals surface area contributed by atoms with Crippen LogP contribution in [0.3, 0.4) is 0 Å². The Morgan fingerprint density at radius 3 is 2.65 bits per heavy atom. The second-order valence-electron chi connectivity index (χ2n) is 4.69. The van der Waals surface area contributed by atoms with Crippen LogP contribution >= 0.6 is 11.3 Å². The molecule has 116 valence electrons. The minimum atomic E-state index is -4.46. The summed E-state index contributed by atoms with van der Waals surface area (Å²) in [6.45, 7) is 1.83. The Labute approximate surface area is 132 Å². The molecule has 0 aliphatic rings. The fourth-order valence-corrected chi connectivity index (χ4v) is 3.22. The molecule has 0 saturated heterocycles. The molecule has 0 aliphatic heterocycles. The Morgan fingerprint density at radius 2 is 2.04 bits per heavy atom. The van der Waals surface area contributed by atoms with E-state index in [1.165, 1.54) is 23.6 Å². The summed E-state index contributed by atoms with van der Waals surface area (Å²) in [5.74, 6) is 0. The monoisotopic (exact) mass is 335 g/mol. The molecule has 9 heteroatoms. The van der Waals surface area contributed by atoms with Gasteiger partial charge in [-0.3, -0.25) is 4.98 Å². The van der Waals surface area contributed by atoms with E-state index in [0.29, 0.717) is 16.1 Å². The van der Waals surface area contributed by atoms with Gasteiger partial charge in [-0.05, 0) is 30.7 Å². The third-order valence-corrected chi connectivity index (χ3v) is 4.41. The molecular weight excluding hydrogens is 327 g/mol. The molecule has 0 bridgehead atoms. The number of nitriles is 1. The Balaban J connectivity index is 2.00. The molecule has 0 radical (unpaired) electrons. The molecule has 3 aromatic heterocycles. The van der Waals surface area contributed by atoms with Crippen LogP contribution in [0.5, 0.6) is 0 Å². The number of aromatic nitrogens is 4. The minimum absolute atomic E-state index is 0.170. The van der Waals surface area contributed by atoms with Crippen molar-refractivity contribution < 1.29 is 13.2 Å². The van der Waals surface area contributed by atoms with Crippen molar-refractivity contribution in [1.29, 1.82) is 5.26 Å². The van der Waals surface area contributed by atoms with Gasteiger partial charge in [-0.25, -0.2) is 0 Å². The van der Waals surface area contributed by atoms with Gasteiger partial charge in [0.05, 0.1) is 4.88 Å². The zero-order valence-electron chi connectivity index (χ0n) is 11.6. The molecule has 0 aliphatic carbocycles. The van der Waals surface area contributed by atoms with E-state index in [1.54, 1.807) is 0 Å². The third-order valence-electron chi connectivity index (χ3n) is 3.12. The molecule has 5 nitrogen and oxygen atoms in total. The molecule has 0 unspecified atom stereocenters. The molecule has 0 saturated carbocycles. The van der Waals surface area contributed by atoms with E-state index in [9.17, 15) is 13.2 Å². The van der Waals surface area contributed by atoms with Gasteiger partial charge in [0.2, 0.25) is 0 Å². The Hall–Kier alpha value is -2.73. The zero-order chi connectivity index (χ0) is 16.6. The van der Waals surface area contributed by atoms with Crippen molar-refractivity contribution in [3.63, 3.8) is 0 Å². The number of aromatic amines is 1. The van der Waals surface area contributed by atoms with Crippen molar-refractivity contribution in [2.45, 2.75) is 13.1 Å². The van der Waals surface area contributed by atoms with Gasteiger partial charge >= 0.3 is 6.18 Å². The predicted molar refractivity (Wildman–Crippen MR) is 77.4 cm³/mol. The first kappa shape index (κ1) is 15.2. The topological polar surface area (TPSA) is 78.2 Å². The molecule has 0 spiro atoms. The maximum Gasteiger partial charge on any atom is 0.433 e. The van der Waals surface area contributed by atoms with E-state index >= 15 is 0 Å². The summed E-state index contributed by atoms with van der Waals surface area (Å²) in [5.41, 5.74) is 1.10. The number of rotatable bonds is 2. The highest BCUT2D eigenvalue weighted by Gasteiger charge is 2.32. The van der Waals surface area contributed by atoms with Gasteiger partial charge in [-0.1, -0.05) is 0 Å². The highest BCUT2D eigenvalue weighted by atomic mass is 32.1. The fourth-order valence-electron chi connectivity index (χ4n) is 2.06. The molecule has 3 rings (SSSR count). The molecular formula is C14H8F3N5S. The van der Waals surface area contributed by atoms with Crippen LogP contribution in [0.2, 0.25) is 0 Å². The summed E-state index contributed by atoms with van der Waals surface area (Å²) < 4.78 is 37.7. The van der Waals surface area contributed by atoms with Crippen LogP contribution < -0.4 is 0 Å². The average Bonchev–Trinajstić information content (AvgIpc) is 3.12. The molecule has 23 heavy (non-hydrogen) atoms. The summed E-state index contributed by atoms with van der Waals surface area (Å²) in [4.78, 5) is 4.95. The number of alkyl halides is 3. The second kappa shape index (κ2) is 5.48. The molecule has 0 amide bonds. The maximum absolute atomic E-state index is 12.6. The van der Waals surface area contributed by atoms with Gasteiger partial charge in [0.15, 0.2) is 5.69 Å². The van der Waals surface area contributed by atoms with Crippen molar-refractivity contribution in [2.24, 2.45) is 0 Å². The van der Waals surface area contributed by atoms with E-state index in [-0.39, 0.29) is 5.69 Å². The number of hydrogen-bond donors (Lipinski definition) is 1. The Kier molecular flexibility index (Phi) is 3.61. The lowest BCUT2D eigenvalue weighted by Gasteiger charge is -2.06. The number of H-pyrrole nitrogens is 1. The predicted octanol–water partition coefficient (Wildman–Crippen LogP) is 3.79. The van der Waals surface area contributed by atoms with E-state index in [0.717, 1.165) is 16.5 Å². The lowest BCUT2D eigenvalue weighted by Crippen LogP contribution is -2.07. The van der Waals surface area contributed by atoms with Crippen LogP contribution in [0, 0.1) is 18.3 Å². The van der Waals surface area contributed by atoms with Crippen LogP contribution in [0.4, 0.5) is 13.2 Å². The summed E-state index contributed by atoms with van der Waals surface area (Å²) >= 11 is 1.32. The van der Waals surface area contributed by atoms with Crippen molar-refractivity contribution in [3.8, 4) is 27.1 Å². The smallest absolute Gasteiger partial charge is 0.251 e. The van der Waals surface area contributed by atoms with Gasteiger partial charge in [-0.15, -0.1) is 16.4 Å². The van der Waals surface area contributed by atoms with E-state index in [4.69, 9.17) is 5.26 Å². The van der Waals surface area contributed by atoms with Crippen LogP contribution in [0.1, 0.15) is 17.0 Å². The second-order valence-corrected chi connectivity index (χ2v) is 5.74. The lowest BCUT2D eigenvalue weighted by atomic mass is 10.1. The molecule has 0 aromatic carbocycles. The van der Waals surface area contributed by atoms with Crippen molar-refractivity contribution in [1.82, 2.24) is 20.4 Å². The van der Waals surface area contributed by atoms with Crippen molar-refractivity contribution in [2.75, 3.05) is 0 Å². The average molecular weight is 335 g/mol. The highest BCUT2D eigenvalue weighted by Crippen LogP contribution is 2.38. The van der Waals surface area contributed by atoms with E-state index in [2.05, 4.69) is 20.4 Å². The fraction of sp³-hybridized carbons (Fsp3) is 0.143. The normalized spacial score (nSPS) is 11.4. The maximum atomic E-state index is 12.6. The van der Waals surface area contributed by atoms with Gasteiger partial charge in [0.1, 0.15) is 17.5 Å². The SMILES string of the molecule is Cc1cc(-c2n[nH]nc2C#N)sc1-c1ccc(C(F)(F)F)nc1. The Morgan fingerprint density at radius 1 is 1.26 bits per heavy atom. The number of thiophene rings is 1. The zero-order valence-corrected chi connectivity index (χ0v) is 12.5. The number of nitrogens with one attached hydrogen (secondary N) is 1. The Bertz CT molecular complexity index is 887.